The number of aryl methyl sites for hydroxylation is 1. The summed E-state index contributed by atoms with van der Waals surface area (Å²) in [5, 5.41) is 13.9. The highest BCUT2D eigenvalue weighted by Gasteiger charge is 2.28. The van der Waals surface area contributed by atoms with E-state index in [9.17, 15) is 23.3 Å². The van der Waals surface area contributed by atoms with Gasteiger partial charge in [-0.15, -0.1) is 11.8 Å². The minimum Gasteiger partial charge on any atom is -0.354 e. The van der Waals surface area contributed by atoms with Crippen LogP contribution in [-0.2, 0) is 14.8 Å². The number of nitro groups is 1. The van der Waals surface area contributed by atoms with E-state index in [4.69, 9.17) is 0 Å². The van der Waals surface area contributed by atoms with Gasteiger partial charge in [-0.2, -0.15) is 0 Å². The number of amides is 1. The highest BCUT2D eigenvalue weighted by molar-refractivity contribution is 7.99. The average Bonchev–Trinajstić information content (AvgIpc) is 2.84. The van der Waals surface area contributed by atoms with Crippen LogP contribution in [0.5, 0.6) is 0 Å². The molecular formula is C24H25N3O5S2. The van der Waals surface area contributed by atoms with Crippen LogP contribution < -0.4 is 9.62 Å². The maximum Gasteiger partial charge on any atom is 0.271 e. The molecule has 0 spiro atoms. The first-order valence-electron chi connectivity index (χ1n) is 10.6. The molecule has 1 N–H and O–H groups in total. The average molecular weight is 500 g/mol. The lowest BCUT2D eigenvalue weighted by atomic mass is 10.2. The Morgan fingerprint density at radius 3 is 2.41 bits per heavy atom. The second kappa shape index (κ2) is 11.7. The summed E-state index contributed by atoms with van der Waals surface area (Å²) in [6.45, 7) is 1.91. The van der Waals surface area contributed by atoms with Crippen molar-refractivity contribution in [2.75, 3.05) is 23.1 Å². The van der Waals surface area contributed by atoms with E-state index in [1.807, 2.05) is 31.2 Å². The molecule has 0 aliphatic carbocycles. The number of nitro benzene ring substituents is 1. The molecule has 178 valence electrons. The molecule has 3 rings (SSSR count). The van der Waals surface area contributed by atoms with Crippen LogP contribution in [0, 0.1) is 17.0 Å². The van der Waals surface area contributed by atoms with Crippen molar-refractivity contribution in [3.8, 4) is 0 Å². The van der Waals surface area contributed by atoms with Gasteiger partial charge in [-0.05, 0) is 49.4 Å². The van der Waals surface area contributed by atoms with E-state index < -0.39 is 27.4 Å². The number of carbonyl (C=O) groups excluding carboxylic acids is 1. The number of rotatable bonds is 11. The summed E-state index contributed by atoms with van der Waals surface area (Å²) >= 11 is 1.68. The number of non-ortho nitro benzene ring substituents is 1. The number of hydrogen-bond acceptors (Lipinski definition) is 6. The SMILES string of the molecule is Cc1ccc(SCCCNC(=O)CN(c2cccc([N+](=O)[O-])c2)S(=O)(=O)c2ccccc2)cc1. The van der Waals surface area contributed by atoms with Crippen molar-refractivity contribution in [3.05, 3.63) is 94.5 Å². The van der Waals surface area contributed by atoms with Crippen LogP contribution in [0.2, 0.25) is 0 Å². The molecule has 0 saturated carbocycles. The highest BCUT2D eigenvalue weighted by atomic mass is 32.2. The smallest absolute Gasteiger partial charge is 0.271 e. The first-order valence-corrected chi connectivity index (χ1v) is 13.0. The third-order valence-corrected chi connectivity index (χ3v) is 7.77. The zero-order chi connectivity index (χ0) is 24.6. The van der Waals surface area contributed by atoms with E-state index in [1.54, 1.807) is 30.0 Å². The van der Waals surface area contributed by atoms with Crippen molar-refractivity contribution in [1.29, 1.82) is 0 Å². The maximum absolute atomic E-state index is 13.3. The number of thioether (sulfide) groups is 1. The maximum atomic E-state index is 13.3. The van der Waals surface area contributed by atoms with Gasteiger partial charge in [-0.3, -0.25) is 19.2 Å². The molecule has 0 saturated heterocycles. The van der Waals surface area contributed by atoms with Crippen LogP contribution >= 0.6 is 11.8 Å². The Morgan fingerprint density at radius 2 is 1.74 bits per heavy atom. The van der Waals surface area contributed by atoms with E-state index >= 15 is 0 Å². The van der Waals surface area contributed by atoms with Crippen molar-refractivity contribution in [3.63, 3.8) is 0 Å². The van der Waals surface area contributed by atoms with Gasteiger partial charge in [0.15, 0.2) is 0 Å². The molecule has 0 fully saturated rings. The number of carbonyl (C=O) groups is 1. The predicted molar refractivity (Wildman–Crippen MR) is 134 cm³/mol. The van der Waals surface area contributed by atoms with Gasteiger partial charge in [0, 0.05) is 23.6 Å². The number of nitrogens with one attached hydrogen (secondary N) is 1. The second-order valence-electron chi connectivity index (χ2n) is 7.47. The van der Waals surface area contributed by atoms with Crippen LogP contribution in [0.15, 0.2) is 88.7 Å². The second-order valence-corrected chi connectivity index (χ2v) is 10.5. The summed E-state index contributed by atoms with van der Waals surface area (Å²) in [7, 11) is -4.12. The van der Waals surface area contributed by atoms with Crippen LogP contribution in [-0.4, -0.2) is 38.1 Å². The molecule has 3 aromatic carbocycles. The van der Waals surface area contributed by atoms with Gasteiger partial charge in [0.1, 0.15) is 6.54 Å². The fourth-order valence-corrected chi connectivity index (χ4v) is 5.39. The fourth-order valence-electron chi connectivity index (χ4n) is 3.11. The molecule has 0 radical (unpaired) electrons. The number of nitrogens with zero attached hydrogens (tertiary/aromatic N) is 2. The summed E-state index contributed by atoms with van der Waals surface area (Å²) in [5.41, 5.74) is 0.970. The molecule has 0 unspecified atom stereocenters. The molecule has 10 heteroatoms. The Kier molecular flexibility index (Phi) is 8.67. The summed E-state index contributed by atoms with van der Waals surface area (Å²) < 4.78 is 27.5. The first kappa shape index (κ1) is 25.3. The van der Waals surface area contributed by atoms with Crippen LogP contribution in [0.4, 0.5) is 11.4 Å². The molecule has 0 atom stereocenters. The summed E-state index contributed by atoms with van der Waals surface area (Å²) in [4.78, 5) is 24.4. The quantitative estimate of drug-likeness (QED) is 0.181. The van der Waals surface area contributed by atoms with Gasteiger partial charge >= 0.3 is 0 Å². The lowest BCUT2D eigenvalue weighted by molar-refractivity contribution is -0.384. The third-order valence-electron chi connectivity index (χ3n) is 4.88. The molecule has 34 heavy (non-hydrogen) atoms. The molecule has 0 aromatic heterocycles. The number of sulfonamides is 1. The molecule has 8 nitrogen and oxygen atoms in total. The molecule has 0 aliphatic heterocycles. The summed E-state index contributed by atoms with van der Waals surface area (Å²) in [6, 6.07) is 21.1. The van der Waals surface area contributed by atoms with Gasteiger partial charge < -0.3 is 5.32 Å². The number of hydrogen-bond donors (Lipinski definition) is 1. The van der Waals surface area contributed by atoms with E-state index in [1.165, 1.54) is 35.9 Å². The van der Waals surface area contributed by atoms with Gasteiger partial charge in [0.25, 0.3) is 15.7 Å². The normalized spacial score (nSPS) is 11.1. The monoisotopic (exact) mass is 499 g/mol. The topological polar surface area (TPSA) is 110 Å². The Balaban J connectivity index is 1.67. The Morgan fingerprint density at radius 1 is 1.03 bits per heavy atom. The van der Waals surface area contributed by atoms with Crippen molar-refractivity contribution < 1.29 is 18.1 Å². The lowest BCUT2D eigenvalue weighted by Gasteiger charge is -2.24. The summed E-state index contributed by atoms with van der Waals surface area (Å²) in [5.74, 6) is 0.298. The van der Waals surface area contributed by atoms with E-state index in [0.717, 1.165) is 21.0 Å². The van der Waals surface area contributed by atoms with Crippen molar-refractivity contribution in [1.82, 2.24) is 5.32 Å². The first-order chi connectivity index (χ1) is 16.3. The van der Waals surface area contributed by atoms with Crippen molar-refractivity contribution in [2.24, 2.45) is 0 Å². The largest absolute Gasteiger partial charge is 0.354 e. The van der Waals surface area contributed by atoms with Gasteiger partial charge in [0.05, 0.1) is 15.5 Å². The molecule has 1 amide bonds. The number of benzene rings is 3. The van der Waals surface area contributed by atoms with Crippen LogP contribution in [0.1, 0.15) is 12.0 Å². The Hall–Kier alpha value is -3.37. The molecular weight excluding hydrogens is 474 g/mol. The Bertz CT molecular complexity index is 1230. The minimum atomic E-state index is -4.12. The van der Waals surface area contributed by atoms with E-state index in [-0.39, 0.29) is 16.3 Å². The summed E-state index contributed by atoms with van der Waals surface area (Å²) in [6.07, 6.45) is 0.701. The fraction of sp³-hybridized carbons (Fsp3) is 0.208. The zero-order valence-electron chi connectivity index (χ0n) is 18.6. The van der Waals surface area contributed by atoms with Gasteiger partial charge in [0.2, 0.25) is 5.91 Å². The highest BCUT2D eigenvalue weighted by Crippen LogP contribution is 2.27. The third kappa shape index (κ3) is 6.82. The van der Waals surface area contributed by atoms with Gasteiger partial charge in [-0.25, -0.2) is 8.42 Å². The minimum absolute atomic E-state index is 0.0104. The molecule has 3 aromatic rings. The van der Waals surface area contributed by atoms with E-state index in [0.29, 0.717) is 13.0 Å². The molecule has 0 aliphatic rings. The zero-order valence-corrected chi connectivity index (χ0v) is 20.2. The van der Waals surface area contributed by atoms with Gasteiger partial charge in [-0.1, -0.05) is 42.0 Å². The van der Waals surface area contributed by atoms with Crippen LogP contribution in [0.3, 0.4) is 0 Å². The number of anilines is 1. The predicted octanol–water partition coefficient (Wildman–Crippen LogP) is 4.40. The molecule has 0 bridgehead atoms. The molecule has 0 heterocycles. The van der Waals surface area contributed by atoms with Crippen molar-refractivity contribution >= 4 is 39.1 Å². The van der Waals surface area contributed by atoms with Crippen molar-refractivity contribution in [2.45, 2.75) is 23.1 Å². The van der Waals surface area contributed by atoms with Crippen LogP contribution in [0.25, 0.3) is 0 Å². The van der Waals surface area contributed by atoms with E-state index in [2.05, 4.69) is 5.32 Å². The lowest BCUT2D eigenvalue weighted by Crippen LogP contribution is -2.41. The standard InChI is InChI=1S/C24H25N3O5S2/c1-19-11-13-22(14-12-19)33-16-6-15-25-24(28)18-26(20-7-5-8-21(17-20)27(29)30)34(31,32)23-9-3-2-4-10-23/h2-5,7-14,17H,6,15-16,18H2,1H3,(H,25,28). The Labute approximate surface area is 203 Å².